The maximum Gasteiger partial charge on any atom is 0.306 e. The molecule has 0 spiro atoms. The SMILES string of the molecule is CCCCCCC/C=C\C/C=C\C/C=C\CCCCCCCCC(=O)OCC(COC(=O)CCCCCCCCCCCCCC)OC(=O)CCCCCCCC/C=C\C/C=C\C/C=C\CCCCCCC. The summed E-state index contributed by atoms with van der Waals surface area (Å²) >= 11 is 0. The van der Waals surface area contributed by atoms with Crippen molar-refractivity contribution in [2.24, 2.45) is 0 Å². The van der Waals surface area contributed by atoms with Crippen molar-refractivity contribution in [2.45, 2.75) is 316 Å². The molecule has 6 nitrogen and oxygen atoms in total. The minimum Gasteiger partial charge on any atom is -0.462 e. The largest absolute Gasteiger partial charge is 0.462 e. The molecule has 0 N–H and O–H groups in total. The fourth-order valence-corrected chi connectivity index (χ4v) is 8.75. The summed E-state index contributed by atoms with van der Waals surface area (Å²) in [4.78, 5) is 38.2. The van der Waals surface area contributed by atoms with E-state index in [4.69, 9.17) is 14.2 Å². The van der Waals surface area contributed by atoms with Gasteiger partial charge in [0, 0.05) is 19.3 Å². The van der Waals surface area contributed by atoms with Gasteiger partial charge in [0.1, 0.15) is 13.2 Å². The Labute approximate surface area is 446 Å². The van der Waals surface area contributed by atoms with Crippen LogP contribution in [-0.2, 0) is 28.6 Å². The van der Waals surface area contributed by atoms with Gasteiger partial charge in [-0.15, -0.1) is 0 Å². The molecular weight excluding hydrogens is 889 g/mol. The van der Waals surface area contributed by atoms with Crippen molar-refractivity contribution in [3.8, 4) is 0 Å². The topological polar surface area (TPSA) is 78.9 Å². The molecule has 0 amide bonds. The Morgan fingerprint density at radius 1 is 0.278 bits per heavy atom. The third-order valence-electron chi connectivity index (χ3n) is 13.4. The Morgan fingerprint density at radius 2 is 0.500 bits per heavy atom. The summed E-state index contributed by atoms with van der Waals surface area (Å²) in [5, 5.41) is 0. The van der Waals surface area contributed by atoms with Crippen molar-refractivity contribution in [3.05, 3.63) is 72.9 Å². The number of rotatable bonds is 56. The van der Waals surface area contributed by atoms with Gasteiger partial charge in [-0.25, -0.2) is 0 Å². The first-order valence-corrected chi connectivity index (χ1v) is 30.9. The first-order chi connectivity index (χ1) is 35.5. The van der Waals surface area contributed by atoms with Gasteiger partial charge in [-0.05, 0) is 96.3 Å². The minimum atomic E-state index is -0.787. The molecule has 416 valence electrons. The van der Waals surface area contributed by atoms with E-state index in [9.17, 15) is 14.4 Å². The van der Waals surface area contributed by atoms with Crippen LogP contribution in [0.25, 0.3) is 0 Å². The van der Waals surface area contributed by atoms with Crippen LogP contribution < -0.4 is 0 Å². The molecule has 0 rings (SSSR count). The van der Waals surface area contributed by atoms with E-state index in [1.807, 2.05) is 0 Å². The van der Waals surface area contributed by atoms with Gasteiger partial charge < -0.3 is 14.2 Å². The highest BCUT2D eigenvalue weighted by molar-refractivity contribution is 5.71. The molecular formula is C66H116O6. The van der Waals surface area contributed by atoms with Crippen molar-refractivity contribution < 1.29 is 28.6 Å². The molecule has 0 saturated heterocycles. The zero-order valence-electron chi connectivity index (χ0n) is 47.7. The van der Waals surface area contributed by atoms with Crippen LogP contribution in [0.1, 0.15) is 310 Å². The van der Waals surface area contributed by atoms with Gasteiger partial charge in [-0.2, -0.15) is 0 Å². The average Bonchev–Trinajstić information content (AvgIpc) is 3.38. The molecule has 0 aliphatic heterocycles. The van der Waals surface area contributed by atoms with Crippen molar-refractivity contribution in [1.82, 2.24) is 0 Å². The van der Waals surface area contributed by atoms with E-state index in [1.165, 1.54) is 167 Å². The van der Waals surface area contributed by atoms with Crippen molar-refractivity contribution in [3.63, 3.8) is 0 Å². The second kappa shape index (κ2) is 60.4. The number of esters is 3. The van der Waals surface area contributed by atoms with E-state index in [1.54, 1.807) is 0 Å². The third kappa shape index (κ3) is 57.7. The van der Waals surface area contributed by atoms with Crippen LogP contribution >= 0.6 is 0 Å². The molecule has 0 bridgehead atoms. The maximum atomic E-state index is 12.9. The smallest absolute Gasteiger partial charge is 0.306 e. The van der Waals surface area contributed by atoms with E-state index in [0.29, 0.717) is 19.3 Å². The molecule has 72 heavy (non-hydrogen) atoms. The summed E-state index contributed by atoms with van der Waals surface area (Å²) in [5.41, 5.74) is 0. The molecule has 0 aromatic rings. The zero-order chi connectivity index (χ0) is 52.2. The third-order valence-corrected chi connectivity index (χ3v) is 13.4. The second-order valence-electron chi connectivity index (χ2n) is 20.6. The van der Waals surface area contributed by atoms with Gasteiger partial charge in [0.15, 0.2) is 6.10 Å². The van der Waals surface area contributed by atoms with Gasteiger partial charge in [0.2, 0.25) is 0 Å². The number of hydrogen-bond acceptors (Lipinski definition) is 6. The fourth-order valence-electron chi connectivity index (χ4n) is 8.75. The summed E-state index contributed by atoms with van der Waals surface area (Å²) in [6, 6.07) is 0. The molecule has 0 radical (unpaired) electrons. The lowest BCUT2D eigenvalue weighted by atomic mass is 10.0. The van der Waals surface area contributed by atoms with Crippen LogP contribution in [-0.4, -0.2) is 37.2 Å². The van der Waals surface area contributed by atoms with Crippen LogP contribution in [0, 0.1) is 0 Å². The number of unbranched alkanes of at least 4 members (excludes halogenated alkanes) is 33. The molecule has 1 atom stereocenters. The lowest BCUT2D eigenvalue weighted by Gasteiger charge is -2.18. The summed E-state index contributed by atoms with van der Waals surface area (Å²) in [5.74, 6) is -0.897. The Morgan fingerprint density at radius 3 is 0.778 bits per heavy atom. The molecule has 6 heteroatoms. The summed E-state index contributed by atoms with van der Waals surface area (Å²) < 4.78 is 16.9. The zero-order valence-corrected chi connectivity index (χ0v) is 47.7. The fraction of sp³-hybridized carbons (Fsp3) is 0.773. The normalized spacial score (nSPS) is 12.5. The van der Waals surface area contributed by atoms with Crippen LogP contribution in [0.5, 0.6) is 0 Å². The standard InChI is InChI=1S/C66H116O6/c1-4-7-10-13-16-19-22-25-27-29-31-33-35-37-39-41-44-47-50-53-56-59-65(68)71-62-63(61-70-64(67)58-55-52-49-46-43-24-21-18-15-12-9-6-3)72-66(69)60-57-54-51-48-45-42-40-38-36-34-32-30-28-26-23-20-17-14-11-8-5-2/h22-23,25-26,29-32,35-38,63H,4-21,24,27-28,33-34,39-62H2,1-3H3/b25-22-,26-23-,31-29-,32-30-,37-35-,38-36-. The second-order valence-corrected chi connectivity index (χ2v) is 20.6. The van der Waals surface area contributed by atoms with Crippen molar-refractivity contribution in [2.75, 3.05) is 13.2 Å². The van der Waals surface area contributed by atoms with E-state index >= 15 is 0 Å². The highest BCUT2D eigenvalue weighted by Gasteiger charge is 2.19. The van der Waals surface area contributed by atoms with Gasteiger partial charge in [-0.3, -0.25) is 14.4 Å². The first-order valence-electron chi connectivity index (χ1n) is 30.9. The van der Waals surface area contributed by atoms with Crippen molar-refractivity contribution >= 4 is 17.9 Å². The van der Waals surface area contributed by atoms with E-state index in [2.05, 4.69) is 93.7 Å². The van der Waals surface area contributed by atoms with Gasteiger partial charge in [0.25, 0.3) is 0 Å². The quantitative estimate of drug-likeness (QED) is 0.0261. The van der Waals surface area contributed by atoms with Crippen molar-refractivity contribution in [1.29, 1.82) is 0 Å². The number of ether oxygens (including phenoxy) is 3. The van der Waals surface area contributed by atoms with Gasteiger partial charge >= 0.3 is 17.9 Å². The average molecular weight is 1010 g/mol. The van der Waals surface area contributed by atoms with Crippen LogP contribution in [0.4, 0.5) is 0 Å². The lowest BCUT2D eigenvalue weighted by molar-refractivity contribution is -0.167. The Bertz CT molecular complexity index is 1340. The molecule has 0 fully saturated rings. The highest BCUT2D eigenvalue weighted by Crippen LogP contribution is 2.15. The molecule has 0 aliphatic carbocycles. The number of hydrogen-bond donors (Lipinski definition) is 0. The van der Waals surface area contributed by atoms with Crippen LogP contribution in [0.2, 0.25) is 0 Å². The predicted octanol–water partition coefficient (Wildman–Crippen LogP) is 20.9. The van der Waals surface area contributed by atoms with Gasteiger partial charge in [-0.1, -0.05) is 267 Å². The molecule has 0 heterocycles. The Hall–Kier alpha value is -3.15. The first kappa shape index (κ1) is 68.8. The molecule has 0 aliphatic rings. The maximum absolute atomic E-state index is 12.9. The summed E-state index contributed by atoms with van der Waals surface area (Å²) in [6.07, 6.45) is 77.5. The summed E-state index contributed by atoms with van der Waals surface area (Å²) in [6.45, 7) is 6.62. The Balaban J connectivity index is 4.38. The number of carbonyl (C=O) groups excluding carboxylic acids is 3. The Kier molecular flexibility index (Phi) is 57.8. The van der Waals surface area contributed by atoms with E-state index in [-0.39, 0.29) is 31.1 Å². The molecule has 0 aromatic carbocycles. The highest BCUT2D eigenvalue weighted by atomic mass is 16.6. The monoisotopic (exact) mass is 1000 g/mol. The summed E-state index contributed by atoms with van der Waals surface area (Å²) in [7, 11) is 0. The lowest BCUT2D eigenvalue weighted by Crippen LogP contribution is -2.30. The minimum absolute atomic E-state index is 0.0830. The van der Waals surface area contributed by atoms with E-state index < -0.39 is 6.10 Å². The molecule has 0 saturated carbocycles. The molecule has 1 unspecified atom stereocenters. The van der Waals surface area contributed by atoms with Crippen LogP contribution in [0.15, 0.2) is 72.9 Å². The van der Waals surface area contributed by atoms with E-state index in [0.717, 1.165) is 103 Å². The van der Waals surface area contributed by atoms with Crippen LogP contribution in [0.3, 0.4) is 0 Å². The number of carbonyl (C=O) groups is 3. The number of allylic oxidation sites excluding steroid dienone is 12. The van der Waals surface area contributed by atoms with Gasteiger partial charge in [0.05, 0.1) is 0 Å². The molecule has 0 aromatic heterocycles. The predicted molar refractivity (Wildman–Crippen MR) is 311 cm³/mol.